The average Bonchev–Trinajstić information content (AvgIpc) is 3.07. The minimum Gasteiger partial charge on any atom is -0.497 e. The maximum atomic E-state index is 13.6. The molecule has 6 heteroatoms. The first-order valence-corrected chi connectivity index (χ1v) is 10.4. The molecule has 0 saturated heterocycles. The number of ketones is 1. The van der Waals surface area contributed by atoms with Crippen molar-refractivity contribution in [1.29, 1.82) is 0 Å². The highest BCUT2D eigenvalue weighted by Crippen LogP contribution is 2.48. The molecule has 2 aliphatic heterocycles. The van der Waals surface area contributed by atoms with Crippen LogP contribution in [-0.2, 0) is 14.3 Å². The van der Waals surface area contributed by atoms with Gasteiger partial charge in [-0.2, -0.15) is 0 Å². The number of hydrogen-bond acceptors (Lipinski definition) is 5. The van der Waals surface area contributed by atoms with Gasteiger partial charge in [-0.25, -0.2) is 4.98 Å². The second-order valence-corrected chi connectivity index (χ2v) is 8.20. The second-order valence-electron chi connectivity index (χ2n) is 8.20. The molecule has 0 N–H and O–H groups in total. The lowest BCUT2D eigenvalue weighted by atomic mass is 9.77. The van der Waals surface area contributed by atoms with Gasteiger partial charge < -0.3 is 9.47 Å². The third kappa shape index (κ3) is 2.90. The van der Waals surface area contributed by atoms with Gasteiger partial charge in [-0.1, -0.05) is 24.6 Å². The predicted molar refractivity (Wildman–Crippen MR) is 111 cm³/mol. The molecule has 1 aromatic carbocycles. The van der Waals surface area contributed by atoms with E-state index in [1.165, 1.54) is 0 Å². The van der Waals surface area contributed by atoms with Crippen LogP contribution in [0.15, 0.2) is 53.9 Å². The van der Waals surface area contributed by atoms with E-state index in [0.29, 0.717) is 11.4 Å². The molecule has 1 saturated carbocycles. The summed E-state index contributed by atoms with van der Waals surface area (Å²) in [4.78, 5) is 33.1. The number of aromatic nitrogens is 1. The van der Waals surface area contributed by atoms with E-state index in [-0.39, 0.29) is 29.5 Å². The first-order valence-electron chi connectivity index (χ1n) is 10.4. The van der Waals surface area contributed by atoms with Crippen molar-refractivity contribution in [1.82, 2.24) is 4.98 Å². The molecule has 2 aromatic rings. The second kappa shape index (κ2) is 7.27. The minimum atomic E-state index is -0.552. The van der Waals surface area contributed by atoms with Gasteiger partial charge in [0.05, 0.1) is 24.6 Å². The molecule has 0 radical (unpaired) electrons. The summed E-state index contributed by atoms with van der Waals surface area (Å²) < 4.78 is 11.5. The van der Waals surface area contributed by atoms with Crippen molar-refractivity contribution < 1.29 is 19.1 Å². The van der Waals surface area contributed by atoms with Crippen LogP contribution >= 0.6 is 0 Å². The Kier molecular flexibility index (Phi) is 4.57. The van der Waals surface area contributed by atoms with Crippen LogP contribution in [0.2, 0.25) is 0 Å². The molecule has 154 valence electrons. The maximum absolute atomic E-state index is 13.6. The summed E-state index contributed by atoms with van der Waals surface area (Å²) in [5.74, 6) is 1.02. The third-order valence-corrected chi connectivity index (χ3v) is 6.34. The Morgan fingerprint density at radius 2 is 1.83 bits per heavy atom. The number of Topliss-reactive ketones (excluding diaryl/α,β-unsaturated/α-hetero) is 1. The summed E-state index contributed by atoms with van der Waals surface area (Å²) in [7, 11) is 1.61. The number of fused-ring (bicyclic) bond motifs is 1. The molecular formula is C24H24N2O4. The van der Waals surface area contributed by atoms with Gasteiger partial charge in [0.2, 0.25) is 0 Å². The van der Waals surface area contributed by atoms with E-state index >= 15 is 0 Å². The summed E-state index contributed by atoms with van der Waals surface area (Å²) in [6, 6.07) is 10.7. The van der Waals surface area contributed by atoms with Crippen molar-refractivity contribution in [3.63, 3.8) is 0 Å². The van der Waals surface area contributed by atoms with Crippen molar-refractivity contribution in [2.75, 3.05) is 12.0 Å². The fourth-order valence-electron chi connectivity index (χ4n) is 4.79. The van der Waals surface area contributed by atoms with Gasteiger partial charge in [0.25, 0.3) is 5.91 Å². The number of methoxy groups -OCH3 is 1. The zero-order chi connectivity index (χ0) is 20.8. The van der Waals surface area contributed by atoms with Crippen LogP contribution in [0, 0.1) is 12.8 Å². The Balaban J connectivity index is 1.64. The Morgan fingerprint density at radius 3 is 2.53 bits per heavy atom. The predicted octanol–water partition coefficient (Wildman–Crippen LogP) is 3.90. The van der Waals surface area contributed by atoms with Crippen molar-refractivity contribution in [2.24, 2.45) is 5.92 Å². The largest absolute Gasteiger partial charge is 0.497 e. The van der Waals surface area contributed by atoms with Crippen LogP contribution in [0.25, 0.3) is 0 Å². The van der Waals surface area contributed by atoms with Gasteiger partial charge in [0, 0.05) is 6.20 Å². The van der Waals surface area contributed by atoms with Gasteiger partial charge in [-0.05, 0) is 55.5 Å². The van der Waals surface area contributed by atoms with E-state index < -0.39 is 6.04 Å². The number of rotatable bonds is 3. The van der Waals surface area contributed by atoms with Crippen molar-refractivity contribution >= 4 is 17.5 Å². The van der Waals surface area contributed by atoms with Gasteiger partial charge in [-0.15, -0.1) is 0 Å². The number of amides is 1. The first-order chi connectivity index (χ1) is 14.6. The van der Waals surface area contributed by atoms with E-state index in [0.717, 1.165) is 42.6 Å². The van der Waals surface area contributed by atoms with Crippen LogP contribution < -0.4 is 9.64 Å². The number of ether oxygens (including phenoxy) is 2. The summed E-state index contributed by atoms with van der Waals surface area (Å²) in [5.41, 5.74) is 2.31. The van der Waals surface area contributed by atoms with E-state index in [4.69, 9.17) is 9.47 Å². The number of benzene rings is 1. The summed E-state index contributed by atoms with van der Waals surface area (Å²) in [6.45, 7) is 1.95. The van der Waals surface area contributed by atoms with E-state index in [2.05, 4.69) is 4.98 Å². The lowest BCUT2D eigenvalue weighted by molar-refractivity contribution is -0.131. The molecule has 1 aliphatic carbocycles. The monoisotopic (exact) mass is 404 g/mol. The number of anilines is 1. The molecule has 3 heterocycles. The first kappa shape index (κ1) is 18.9. The third-order valence-electron chi connectivity index (χ3n) is 6.34. The van der Waals surface area contributed by atoms with E-state index in [1.807, 2.05) is 43.3 Å². The Labute approximate surface area is 175 Å². The molecule has 3 atom stereocenters. The molecule has 1 amide bonds. The van der Waals surface area contributed by atoms with Crippen LogP contribution in [0.4, 0.5) is 5.82 Å². The van der Waals surface area contributed by atoms with Gasteiger partial charge in [0.1, 0.15) is 17.7 Å². The van der Waals surface area contributed by atoms with Crippen LogP contribution in [0.3, 0.4) is 0 Å². The lowest BCUT2D eigenvalue weighted by Crippen LogP contribution is -2.39. The number of hydrogen-bond donors (Lipinski definition) is 0. The standard InChI is InChI=1S/C24H24N2O4/c1-14-7-12-19(25-13-14)26-21(15-8-10-16(29-2)11-9-15)20-22(27)17-5-3-4-6-18(17)30-23(20)24(26)28/h7-13,17-18,21H,3-6H2,1-2H3. The number of nitrogens with zero attached hydrogens (tertiary/aromatic N) is 2. The summed E-state index contributed by atoms with van der Waals surface area (Å²) >= 11 is 0. The normalized spacial score (nSPS) is 25.7. The fraction of sp³-hybridized carbons (Fsp3) is 0.375. The summed E-state index contributed by atoms with van der Waals surface area (Å²) in [5, 5.41) is 0. The SMILES string of the molecule is COc1ccc(C2C3=C(OC4CCCCC4C3=O)C(=O)N2c2ccc(C)cn2)cc1. The molecule has 1 fully saturated rings. The highest BCUT2D eigenvalue weighted by atomic mass is 16.5. The van der Waals surface area contributed by atoms with Crippen LogP contribution in [0.1, 0.15) is 42.9 Å². The molecular weight excluding hydrogens is 380 g/mol. The number of pyridine rings is 1. The number of carbonyl (C=O) groups is 2. The van der Waals surface area contributed by atoms with Gasteiger partial charge in [-0.3, -0.25) is 14.5 Å². The molecule has 3 aliphatic rings. The average molecular weight is 404 g/mol. The topological polar surface area (TPSA) is 68.7 Å². The minimum absolute atomic E-state index is 0.0460. The number of aryl methyl sites for hydroxylation is 1. The van der Waals surface area contributed by atoms with Gasteiger partial charge >= 0.3 is 0 Å². The number of carbonyl (C=O) groups excluding carboxylic acids is 2. The molecule has 30 heavy (non-hydrogen) atoms. The quantitative estimate of drug-likeness (QED) is 0.776. The van der Waals surface area contributed by atoms with Crippen molar-refractivity contribution in [3.8, 4) is 5.75 Å². The lowest BCUT2D eigenvalue weighted by Gasteiger charge is -2.35. The fourth-order valence-corrected chi connectivity index (χ4v) is 4.79. The van der Waals surface area contributed by atoms with Crippen molar-refractivity contribution in [2.45, 2.75) is 44.8 Å². The van der Waals surface area contributed by atoms with Crippen molar-refractivity contribution in [3.05, 3.63) is 65.1 Å². The maximum Gasteiger partial charge on any atom is 0.295 e. The van der Waals surface area contributed by atoms with E-state index in [1.54, 1.807) is 18.2 Å². The van der Waals surface area contributed by atoms with Crippen LogP contribution in [-0.4, -0.2) is 29.9 Å². The molecule has 1 aromatic heterocycles. The molecule has 0 spiro atoms. The molecule has 0 bridgehead atoms. The molecule has 5 rings (SSSR count). The Hall–Kier alpha value is -3.15. The summed E-state index contributed by atoms with van der Waals surface area (Å²) in [6.07, 6.45) is 5.20. The Morgan fingerprint density at radius 1 is 1.07 bits per heavy atom. The van der Waals surface area contributed by atoms with Gasteiger partial charge in [0.15, 0.2) is 11.5 Å². The highest BCUT2D eigenvalue weighted by molar-refractivity contribution is 6.17. The van der Waals surface area contributed by atoms with E-state index in [9.17, 15) is 9.59 Å². The zero-order valence-electron chi connectivity index (χ0n) is 17.1. The van der Waals surface area contributed by atoms with Crippen LogP contribution in [0.5, 0.6) is 5.75 Å². The zero-order valence-corrected chi connectivity index (χ0v) is 17.1. The Bertz CT molecular complexity index is 1030. The smallest absolute Gasteiger partial charge is 0.295 e. The molecule has 6 nitrogen and oxygen atoms in total. The molecule has 3 unspecified atom stereocenters. The highest BCUT2D eigenvalue weighted by Gasteiger charge is 2.52.